The van der Waals surface area contributed by atoms with Gasteiger partial charge in [-0.1, -0.05) is 36.4 Å². The molecular weight excluding hydrogens is 340 g/mol. The minimum Gasteiger partial charge on any atom is -0.454 e. The fourth-order valence-corrected chi connectivity index (χ4v) is 3.24. The van der Waals surface area contributed by atoms with E-state index in [4.69, 9.17) is 15.3 Å². The lowest BCUT2D eigenvalue weighted by Crippen LogP contribution is -2.29. The minimum atomic E-state index is 0.0765. The molecule has 5 rings (SSSR count). The van der Waals surface area contributed by atoms with Gasteiger partial charge in [0.05, 0.1) is 0 Å². The van der Waals surface area contributed by atoms with E-state index < -0.39 is 0 Å². The third-order valence-electron chi connectivity index (χ3n) is 4.93. The average molecular weight is 362 g/mol. The smallest absolute Gasteiger partial charge is 0.231 e. The maximum atomic E-state index is 11.1. The van der Waals surface area contributed by atoms with E-state index >= 15 is 0 Å². The summed E-state index contributed by atoms with van der Waals surface area (Å²) in [5, 5.41) is 1.82. The SMILES string of the molecule is CN(N)C1CC1c1ccccc1.O=C1C=CC1=Cc1ccc2c(c1)OCO2. The van der Waals surface area contributed by atoms with Crippen molar-refractivity contribution in [1.29, 1.82) is 0 Å². The first-order chi connectivity index (χ1) is 13.1. The van der Waals surface area contributed by atoms with Crippen LogP contribution in [0.15, 0.2) is 66.3 Å². The number of allylic oxidation sites excluding steroid dienone is 3. The number of fused-ring (bicyclic) bond motifs is 1. The van der Waals surface area contributed by atoms with Crippen LogP contribution in [0.5, 0.6) is 11.5 Å². The highest BCUT2D eigenvalue weighted by atomic mass is 16.7. The van der Waals surface area contributed by atoms with Crippen LogP contribution in [0.1, 0.15) is 23.5 Å². The zero-order chi connectivity index (χ0) is 18.8. The molecule has 1 aliphatic heterocycles. The van der Waals surface area contributed by atoms with Crippen molar-refractivity contribution in [3.63, 3.8) is 0 Å². The van der Waals surface area contributed by atoms with Crippen molar-refractivity contribution in [3.05, 3.63) is 77.4 Å². The molecule has 2 aliphatic carbocycles. The van der Waals surface area contributed by atoms with Gasteiger partial charge in [0.15, 0.2) is 17.3 Å². The number of ether oxygens (including phenoxy) is 2. The van der Waals surface area contributed by atoms with Crippen LogP contribution in [0.4, 0.5) is 0 Å². The molecule has 0 bridgehead atoms. The number of benzene rings is 2. The predicted molar refractivity (Wildman–Crippen MR) is 104 cm³/mol. The molecule has 138 valence electrons. The van der Waals surface area contributed by atoms with E-state index in [1.54, 1.807) is 12.2 Å². The fourth-order valence-electron chi connectivity index (χ4n) is 3.24. The number of hydrogen-bond donors (Lipinski definition) is 1. The van der Waals surface area contributed by atoms with Gasteiger partial charge < -0.3 is 9.47 Å². The Balaban J connectivity index is 0.000000137. The van der Waals surface area contributed by atoms with Crippen LogP contribution in [0.3, 0.4) is 0 Å². The molecule has 0 radical (unpaired) electrons. The Hall–Kier alpha value is -2.89. The molecule has 2 unspecified atom stereocenters. The molecule has 2 aromatic rings. The number of nitrogens with two attached hydrogens (primary N) is 1. The van der Waals surface area contributed by atoms with Crippen molar-refractivity contribution in [2.45, 2.75) is 18.4 Å². The van der Waals surface area contributed by atoms with Crippen LogP contribution in [-0.4, -0.2) is 30.7 Å². The van der Waals surface area contributed by atoms with Gasteiger partial charge in [-0.25, -0.2) is 5.01 Å². The van der Waals surface area contributed by atoms with Gasteiger partial charge in [0.2, 0.25) is 6.79 Å². The quantitative estimate of drug-likeness (QED) is 0.516. The predicted octanol–water partition coefficient (Wildman–Crippen LogP) is 3.29. The van der Waals surface area contributed by atoms with Crippen molar-refractivity contribution >= 4 is 11.9 Å². The van der Waals surface area contributed by atoms with Gasteiger partial charge in [0, 0.05) is 24.6 Å². The number of hydrogen-bond acceptors (Lipinski definition) is 5. The Bertz CT molecular complexity index is 903. The molecule has 2 N–H and O–H groups in total. The van der Waals surface area contributed by atoms with Crippen LogP contribution < -0.4 is 15.3 Å². The Labute approximate surface area is 158 Å². The van der Waals surface area contributed by atoms with Crippen LogP contribution in [0, 0.1) is 0 Å². The fraction of sp³-hybridized carbons (Fsp3) is 0.227. The van der Waals surface area contributed by atoms with Crippen LogP contribution in [-0.2, 0) is 4.79 Å². The number of nitrogens with zero attached hydrogens (tertiary/aromatic N) is 1. The molecule has 5 heteroatoms. The summed E-state index contributed by atoms with van der Waals surface area (Å²) in [5.74, 6) is 7.90. The lowest BCUT2D eigenvalue weighted by molar-refractivity contribution is -0.111. The van der Waals surface area contributed by atoms with Gasteiger partial charge in [-0.15, -0.1) is 0 Å². The van der Waals surface area contributed by atoms with Crippen molar-refractivity contribution in [1.82, 2.24) is 5.01 Å². The molecule has 0 amide bonds. The second-order valence-corrected chi connectivity index (χ2v) is 6.90. The standard InChI is InChI=1S/C12H8O3.C10H14N2/c13-10-3-2-9(10)5-8-1-4-11-12(6-8)15-7-14-11;1-12(11)10-7-9(10)8-5-3-2-4-6-8/h1-6H,7H2;2-6,9-10H,7,11H2,1H3. The number of carbonyl (C=O) groups is 1. The first kappa shape index (κ1) is 17.5. The lowest BCUT2D eigenvalue weighted by atomic mass is 9.98. The number of ketones is 1. The third kappa shape index (κ3) is 3.94. The van der Waals surface area contributed by atoms with E-state index in [1.807, 2.05) is 42.4 Å². The lowest BCUT2D eigenvalue weighted by Gasteiger charge is -2.07. The molecule has 0 saturated heterocycles. The molecule has 1 heterocycles. The summed E-state index contributed by atoms with van der Waals surface area (Å²) in [6, 6.07) is 16.8. The summed E-state index contributed by atoms with van der Waals surface area (Å²) < 4.78 is 10.4. The number of carbonyl (C=O) groups excluding carboxylic acids is 1. The largest absolute Gasteiger partial charge is 0.454 e. The van der Waals surface area contributed by atoms with Crippen molar-refractivity contribution in [3.8, 4) is 11.5 Å². The van der Waals surface area contributed by atoms with Crippen molar-refractivity contribution < 1.29 is 14.3 Å². The number of hydrazine groups is 1. The Morgan fingerprint density at radius 3 is 2.48 bits per heavy atom. The molecule has 2 aromatic carbocycles. The summed E-state index contributed by atoms with van der Waals surface area (Å²) in [6.07, 6.45) is 6.40. The minimum absolute atomic E-state index is 0.0765. The summed E-state index contributed by atoms with van der Waals surface area (Å²) in [7, 11) is 1.94. The number of likely N-dealkylation sites (N-methyl/N-ethyl adjacent to an activating group) is 1. The molecular formula is C22H22N2O3. The van der Waals surface area contributed by atoms with Crippen LogP contribution in [0.2, 0.25) is 0 Å². The molecule has 0 aromatic heterocycles. The highest BCUT2D eigenvalue weighted by Crippen LogP contribution is 2.42. The van der Waals surface area contributed by atoms with Gasteiger partial charge in [-0.2, -0.15) is 0 Å². The highest BCUT2D eigenvalue weighted by Gasteiger charge is 2.40. The normalized spacial score (nSPS) is 23.1. The molecule has 3 aliphatic rings. The first-order valence-electron chi connectivity index (χ1n) is 8.98. The van der Waals surface area contributed by atoms with Crippen molar-refractivity contribution in [2.75, 3.05) is 13.8 Å². The molecule has 0 spiro atoms. The molecule has 27 heavy (non-hydrogen) atoms. The van der Waals surface area contributed by atoms with Crippen LogP contribution in [0.25, 0.3) is 6.08 Å². The highest BCUT2D eigenvalue weighted by molar-refractivity contribution is 6.16. The van der Waals surface area contributed by atoms with E-state index in [0.717, 1.165) is 22.6 Å². The maximum Gasteiger partial charge on any atom is 0.231 e. The zero-order valence-electron chi connectivity index (χ0n) is 15.2. The van der Waals surface area contributed by atoms with E-state index in [0.29, 0.717) is 12.0 Å². The van der Waals surface area contributed by atoms with E-state index in [-0.39, 0.29) is 12.6 Å². The first-order valence-corrected chi connectivity index (χ1v) is 8.98. The molecule has 2 atom stereocenters. The van der Waals surface area contributed by atoms with Gasteiger partial charge in [0.1, 0.15) is 0 Å². The summed E-state index contributed by atoms with van der Waals surface area (Å²) in [4.78, 5) is 11.1. The Kier molecular flexibility index (Phi) is 4.79. The number of rotatable bonds is 3. The van der Waals surface area contributed by atoms with Crippen molar-refractivity contribution in [2.24, 2.45) is 5.84 Å². The molecule has 5 nitrogen and oxygen atoms in total. The summed E-state index contributed by atoms with van der Waals surface area (Å²) in [5.41, 5.74) is 3.10. The monoisotopic (exact) mass is 362 g/mol. The Morgan fingerprint density at radius 2 is 1.85 bits per heavy atom. The third-order valence-corrected chi connectivity index (χ3v) is 4.93. The van der Waals surface area contributed by atoms with Gasteiger partial charge in [-0.3, -0.25) is 10.6 Å². The summed E-state index contributed by atoms with van der Waals surface area (Å²) in [6.45, 7) is 0.272. The zero-order valence-corrected chi connectivity index (χ0v) is 15.2. The van der Waals surface area contributed by atoms with E-state index in [9.17, 15) is 4.79 Å². The topological polar surface area (TPSA) is 64.8 Å². The van der Waals surface area contributed by atoms with E-state index in [1.165, 1.54) is 12.0 Å². The van der Waals surface area contributed by atoms with Gasteiger partial charge in [0.25, 0.3) is 0 Å². The van der Waals surface area contributed by atoms with Crippen LogP contribution >= 0.6 is 0 Å². The maximum absolute atomic E-state index is 11.1. The van der Waals surface area contributed by atoms with Gasteiger partial charge in [-0.05, 0) is 47.9 Å². The summed E-state index contributed by atoms with van der Waals surface area (Å²) >= 11 is 0. The van der Waals surface area contributed by atoms with Gasteiger partial charge >= 0.3 is 0 Å². The second kappa shape index (κ2) is 7.39. The average Bonchev–Trinajstić information content (AvgIpc) is 3.37. The molecule has 1 fully saturated rings. The molecule has 1 saturated carbocycles. The van der Waals surface area contributed by atoms with E-state index in [2.05, 4.69) is 24.3 Å². The Morgan fingerprint density at radius 1 is 1.07 bits per heavy atom. The second-order valence-electron chi connectivity index (χ2n) is 6.90.